The Hall–Kier alpha value is -1.84. The molecule has 0 atom stereocenters. The molecule has 0 saturated carbocycles. The molecule has 0 bridgehead atoms. The highest BCUT2D eigenvalue weighted by atomic mass is 19.1. The van der Waals surface area contributed by atoms with E-state index in [-0.39, 0.29) is 11.3 Å². The smallest absolute Gasteiger partial charge is 0.190 e. The zero-order valence-corrected chi connectivity index (χ0v) is 9.53. The van der Waals surface area contributed by atoms with Crippen LogP contribution in [0.15, 0.2) is 30.5 Å². The summed E-state index contributed by atoms with van der Waals surface area (Å²) in [7, 11) is 5.02. The monoisotopic (exact) mass is 223 g/mol. The van der Waals surface area contributed by atoms with E-state index in [1.165, 1.54) is 25.3 Å². The first-order valence-corrected chi connectivity index (χ1v) is 4.77. The molecule has 0 unspecified atom stereocenters. The predicted octanol–water partition coefficient (Wildman–Crippen LogP) is 2.09. The average molecular weight is 223 g/mol. The molecule has 0 fully saturated rings. The SMILES string of the molecule is COc1ccc(C(=O)/C=C/N(C)C)c(F)c1. The number of hydrogen-bond donors (Lipinski definition) is 0. The number of rotatable bonds is 4. The number of carbonyl (C=O) groups excluding carboxylic acids is 1. The second-order valence-electron chi connectivity index (χ2n) is 3.49. The van der Waals surface area contributed by atoms with Gasteiger partial charge in [0.1, 0.15) is 11.6 Å². The molecule has 0 aliphatic rings. The largest absolute Gasteiger partial charge is 0.497 e. The number of benzene rings is 1. The van der Waals surface area contributed by atoms with Crippen molar-refractivity contribution in [1.82, 2.24) is 4.90 Å². The Morgan fingerprint density at radius 2 is 2.12 bits per heavy atom. The van der Waals surface area contributed by atoms with Gasteiger partial charge < -0.3 is 9.64 Å². The molecule has 86 valence electrons. The van der Waals surface area contributed by atoms with Gasteiger partial charge >= 0.3 is 0 Å². The standard InChI is InChI=1S/C12H14FNO2/c1-14(2)7-6-12(15)10-5-4-9(16-3)8-11(10)13/h4-8H,1-3H3/b7-6+. The van der Waals surface area contributed by atoms with Crippen molar-refractivity contribution in [3.63, 3.8) is 0 Å². The summed E-state index contributed by atoms with van der Waals surface area (Å²) in [6.45, 7) is 0. The van der Waals surface area contributed by atoms with Crippen LogP contribution in [0.1, 0.15) is 10.4 Å². The Bertz CT molecular complexity index is 413. The molecule has 0 aliphatic carbocycles. The molecular formula is C12H14FNO2. The maximum Gasteiger partial charge on any atom is 0.190 e. The highest BCUT2D eigenvalue weighted by molar-refractivity contribution is 6.04. The van der Waals surface area contributed by atoms with Crippen molar-refractivity contribution in [2.24, 2.45) is 0 Å². The lowest BCUT2D eigenvalue weighted by molar-refractivity contribution is 0.104. The van der Waals surface area contributed by atoms with Crippen LogP contribution in [0, 0.1) is 5.82 Å². The molecule has 0 heterocycles. The van der Waals surface area contributed by atoms with E-state index in [1.807, 2.05) is 0 Å². The van der Waals surface area contributed by atoms with E-state index >= 15 is 0 Å². The van der Waals surface area contributed by atoms with Crippen LogP contribution < -0.4 is 4.74 Å². The van der Waals surface area contributed by atoms with Crippen molar-refractivity contribution in [3.8, 4) is 5.75 Å². The van der Waals surface area contributed by atoms with Crippen molar-refractivity contribution in [2.75, 3.05) is 21.2 Å². The number of carbonyl (C=O) groups is 1. The average Bonchev–Trinajstić information content (AvgIpc) is 2.25. The van der Waals surface area contributed by atoms with Gasteiger partial charge in [-0.3, -0.25) is 4.79 Å². The summed E-state index contributed by atoms with van der Waals surface area (Å²) >= 11 is 0. The van der Waals surface area contributed by atoms with E-state index in [0.29, 0.717) is 5.75 Å². The van der Waals surface area contributed by atoms with Crippen LogP contribution in [0.5, 0.6) is 5.75 Å². The summed E-state index contributed by atoms with van der Waals surface area (Å²) in [6.07, 6.45) is 2.90. The third kappa shape index (κ3) is 3.08. The molecule has 1 rings (SSSR count). The molecule has 1 aromatic carbocycles. The van der Waals surface area contributed by atoms with Crippen LogP contribution in [0.4, 0.5) is 4.39 Å². The number of nitrogens with zero attached hydrogens (tertiary/aromatic N) is 1. The van der Waals surface area contributed by atoms with Crippen LogP contribution in [0.3, 0.4) is 0 Å². The van der Waals surface area contributed by atoms with Crippen LogP contribution in [0.25, 0.3) is 0 Å². The number of allylic oxidation sites excluding steroid dienone is 1. The Morgan fingerprint density at radius 3 is 2.62 bits per heavy atom. The Kier molecular flexibility index (Phi) is 4.05. The first kappa shape index (κ1) is 12.2. The van der Waals surface area contributed by atoms with E-state index < -0.39 is 5.82 Å². The molecule has 0 aliphatic heterocycles. The summed E-state index contributed by atoms with van der Waals surface area (Å²) in [4.78, 5) is 13.3. The fraction of sp³-hybridized carbons (Fsp3) is 0.250. The molecule has 0 radical (unpaired) electrons. The lowest BCUT2D eigenvalue weighted by Crippen LogP contribution is -2.04. The fourth-order valence-electron chi connectivity index (χ4n) is 1.13. The van der Waals surface area contributed by atoms with Crippen molar-refractivity contribution in [2.45, 2.75) is 0 Å². The van der Waals surface area contributed by atoms with Crippen molar-refractivity contribution in [1.29, 1.82) is 0 Å². The maximum atomic E-state index is 13.5. The topological polar surface area (TPSA) is 29.5 Å². The quantitative estimate of drug-likeness (QED) is 0.578. The Balaban J connectivity index is 2.92. The molecule has 4 heteroatoms. The van der Waals surface area contributed by atoms with Gasteiger partial charge in [-0.15, -0.1) is 0 Å². The van der Waals surface area contributed by atoms with E-state index in [1.54, 1.807) is 31.3 Å². The predicted molar refractivity (Wildman–Crippen MR) is 60.1 cm³/mol. The molecule has 1 aromatic rings. The summed E-state index contributed by atoms with van der Waals surface area (Å²) < 4.78 is 18.3. The van der Waals surface area contributed by atoms with E-state index in [2.05, 4.69) is 0 Å². The minimum absolute atomic E-state index is 0.0406. The van der Waals surface area contributed by atoms with Gasteiger partial charge in [-0.05, 0) is 12.1 Å². The lowest BCUT2D eigenvalue weighted by Gasteiger charge is -2.04. The molecule has 0 spiro atoms. The maximum absolute atomic E-state index is 13.5. The van der Waals surface area contributed by atoms with Crippen LogP contribution in [0.2, 0.25) is 0 Å². The van der Waals surface area contributed by atoms with Crippen LogP contribution >= 0.6 is 0 Å². The highest BCUT2D eigenvalue weighted by Gasteiger charge is 2.09. The van der Waals surface area contributed by atoms with Crippen molar-refractivity contribution < 1.29 is 13.9 Å². The number of halogens is 1. The molecule has 0 aromatic heterocycles. The van der Waals surface area contributed by atoms with Crippen LogP contribution in [-0.4, -0.2) is 31.9 Å². The van der Waals surface area contributed by atoms with Crippen molar-refractivity contribution >= 4 is 5.78 Å². The number of hydrogen-bond acceptors (Lipinski definition) is 3. The zero-order valence-electron chi connectivity index (χ0n) is 9.53. The minimum Gasteiger partial charge on any atom is -0.497 e. The van der Waals surface area contributed by atoms with Gasteiger partial charge in [0, 0.05) is 32.4 Å². The molecular weight excluding hydrogens is 209 g/mol. The summed E-state index contributed by atoms with van der Waals surface area (Å²) in [5, 5.41) is 0. The van der Waals surface area contributed by atoms with E-state index in [0.717, 1.165) is 0 Å². The molecule has 0 N–H and O–H groups in total. The summed E-state index contributed by atoms with van der Waals surface area (Å²) in [6, 6.07) is 4.16. The van der Waals surface area contributed by atoms with Gasteiger partial charge in [0.15, 0.2) is 5.78 Å². The lowest BCUT2D eigenvalue weighted by atomic mass is 10.1. The molecule has 0 amide bonds. The van der Waals surface area contributed by atoms with Crippen LogP contribution in [-0.2, 0) is 0 Å². The van der Waals surface area contributed by atoms with Crippen molar-refractivity contribution in [3.05, 3.63) is 41.9 Å². The van der Waals surface area contributed by atoms with E-state index in [9.17, 15) is 9.18 Å². The number of ketones is 1. The second kappa shape index (κ2) is 5.30. The van der Waals surface area contributed by atoms with Gasteiger partial charge in [0.25, 0.3) is 0 Å². The first-order valence-electron chi connectivity index (χ1n) is 4.77. The van der Waals surface area contributed by atoms with Gasteiger partial charge in [-0.25, -0.2) is 4.39 Å². The summed E-state index contributed by atoms with van der Waals surface area (Å²) in [5.41, 5.74) is 0.0406. The molecule has 0 saturated heterocycles. The summed E-state index contributed by atoms with van der Waals surface area (Å²) in [5.74, 6) is -0.549. The van der Waals surface area contributed by atoms with E-state index in [4.69, 9.17) is 4.74 Å². The third-order valence-electron chi connectivity index (χ3n) is 1.97. The van der Waals surface area contributed by atoms with Gasteiger partial charge in [-0.2, -0.15) is 0 Å². The highest BCUT2D eigenvalue weighted by Crippen LogP contribution is 2.16. The molecule has 3 nitrogen and oxygen atoms in total. The second-order valence-corrected chi connectivity index (χ2v) is 3.49. The molecule has 16 heavy (non-hydrogen) atoms. The number of methoxy groups -OCH3 is 1. The normalized spacial score (nSPS) is 10.5. The minimum atomic E-state index is -0.576. The van der Waals surface area contributed by atoms with Gasteiger partial charge in [0.05, 0.1) is 12.7 Å². The fourth-order valence-corrected chi connectivity index (χ4v) is 1.13. The number of ether oxygens (including phenoxy) is 1. The Labute approximate surface area is 94.1 Å². The Morgan fingerprint density at radius 1 is 1.44 bits per heavy atom. The third-order valence-corrected chi connectivity index (χ3v) is 1.97. The zero-order chi connectivity index (χ0) is 12.1. The van der Waals surface area contributed by atoms with Gasteiger partial charge in [0.2, 0.25) is 0 Å². The first-order chi connectivity index (χ1) is 7.54. The van der Waals surface area contributed by atoms with Gasteiger partial charge in [-0.1, -0.05) is 0 Å².